The van der Waals surface area contributed by atoms with Crippen molar-refractivity contribution in [1.82, 2.24) is 24.1 Å². The molecular weight excluding hydrogens is 350 g/mol. The molecule has 0 unspecified atom stereocenters. The van der Waals surface area contributed by atoms with Gasteiger partial charge in [-0.15, -0.1) is 0 Å². The molecule has 0 fully saturated rings. The van der Waals surface area contributed by atoms with Gasteiger partial charge in [0, 0.05) is 12.2 Å². The fourth-order valence-electron chi connectivity index (χ4n) is 3.58. The number of hydrogen-bond donors (Lipinski definition) is 0. The highest BCUT2D eigenvalue weighted by Gasteiger charge is 2.20. The third-order valence-electron chi connectivity index (χ3n) is 5.00. The highest BCUT2D eigenvalue weighted by Crippen LogP contribution is 2.28. The molecule has 28 heavy (non-hydrogen) atoms. The van der Waals surface area contributed by atoms with Crippen LogP contribution in [0, 0.1) is 0 Å². The molecule has 0 saturated carbocycles. The summed E-state index contributed by atoms with van der Waals surface area (Å²) in [6.45, 7) is 2.76. The second kappa shape index (κ2) is 6.56. The number of fused-ring (bicyclic) bond motifs is 4. The van der Waals surface area contributed by atoms with Crippen molar-refractivity contribution in [3.63, 3.8) is 0 Å². The van der Waals surface area contributed by atoms with Crippen LogP contribution in [-0.2, 0) is 6.54 Å². The van der Waals surface area contributed by atoms with Gasteiger partial charge in [0.05, 0.1) is 17.4 Å². The molecular formula is C22H19N5O. The molecule has 138 valence electrons. The Balaban J connectivity index is 1.94. The van der Waals surface area contributed by atoms with Crippen LogP contribution in [0.5, 0.6) is 0 Å². The largest absolute Gasteiger partial charge is 0.299 e. The number of benzene rings is 2. The number of aromatic nitrogens is 5. The molecule has 0 spiro atoms. The summed E-state index contributed by atoms with van der Waals surface area (Å²) < 4.78 is 3.60. The number of para-hydroxylation sites is 3. The van der Waals surface area contributed by atoms with Crippen molar-refractivity contribution in [2.45, 2.75) is 26.3 Å². The Morgan fingerprint density at radius 3 is 2.36 bits per heavy atom. The molecule has 3 heterocycles. The Bertz CT molecular complexity index is 1370. The Morgan fingerprint density at radius 2 is 1.61 bits per heavy atom. The van der Waals surface area contributed by atoms with Gasteiger partial charge in [0.25, 0.3) is 5.56 Å². The second-order valence-electron chi connectivity index (χ2n) is 6.85. The van der Waals surface area contributed by atoms with E-state index in [1.807, 2.05) is 59.2 Å². The van der Waals surface area contributed by atoms with E-state index in [9.17, 15) is 4.79 Å². The quantitative estimate of drug-likeness (QED) is 0.479. The van der Waals surface area contributed by atoms with E-state index in [0.717, 1.165) is 29.6 Å². The van der Waals surface area contributed by atoms with Crippen LogP contribution in [0.3, 0.4) is 0 Å². The minimum absolute atomic E-state index is 0.0669. The summed E-state index contributed by atoms with van der Waals surface area (Å²) in [6, 6.07) is 17.6. The van der Waals surface area contributed by atoms with Crippen LogP contribution in [0.4, 0.5) is 0 Å². The molecule has 0 aliphatic rings. The molecule has 0 aliphatic heterocycles. The molecule has 0 amide bonds. The molecule has 0 saturated heterocycles. The molecule has 6 nitrogen and oxygen atoms in total. The average Bonchev–Trinajstić information content (AvgIpc) is 3.06. The van der Waals surface area contributed by atoms with Crippen LogP contribution in [0.15, 0.2) is 65.7 Å². The van der Waals surface area contributed by atoms with Crippen molar-refractivity contribution in [2.75, 3.05) is 0 Å². The molecule has 0 N–H and O–H groups in total. The summed E-state index contributed by atoms with van der Waals surface area (Å²) in [5, 5.41) is 0.524. The number of unbranched alkanes of at least 4 members (excludes halogenated alkanes) is 1. The lowest BCUT2D eigenvalue weighted by atomic mass is 10.3. The van der Waals surface area contributed by atoms with Crippen LogP contribution in [-0.4, -0.2) is 24.1 Å². The van der Waals surface area contributed by atoms with E-state index in [4.69, 9.17) is 9.97 Å². The van der Waals surface area contributed by atoms with E-state index in [1.165, 1.54) is 0 Å². The van der Waals surface area contributed by atoms with E-state index >= 15 is 0 Å². The SMILES string of the molecule is CCCCn1cnc2c(c1=O)c1nc3ccccc3nc1n2-c1ccccc1. The first-order valence-electron chi connectivity index (χ1n) is 9.49. The van der Waals surface area contributed by atoms with Gasteiger partial charge in [-0.25, -0.2) is 15.0 Å². The highest BCUT2D eigenvalue weighted by atomic mass is 16.1. The minimum Gasteiger partial charge on any atom is -0.299 e. The van der Waals surface area contributed by atoms with E-state index in [-0.39, 0.29) is 5.56 Å². The first-order valence-corrected chi connectivity index (χ1v) is 9.49. The highest BCUT2D eigenvalue weighted by molar-refractivity contribution is 6.05. The van der Waals surface area contributed by atoms with Gasteiger partial charge in [0.2, 0.25) is 0 Å². The number of nitrogens with zero attached hydrogens (tertiary/aromatic N) is 5. The zero-order valence-corrected chi connectivity index (χ0v) is 15.5. The molecule has 0 bridgehead atoms. The summed E-state index contributed by atoms with van der Waals surface area (Å²) in [4.78, 5) is 27.5. The maximum absolute atomic E-state index is 13.3. The van der Waals surface area contributed by atoms with Gasteiger partial charge in [-0.3, -0.25) is 13.9 Å². The van der Waals surface area contributed by atoms with Crippen LogP contribution in [0.1, 0.15) is 19.8 Å². The zero-order valence-electron chi connectivity index (χ0n) is 15.5. The third-order valence-corrected chi connectivity index (χ3v) is 5.00. The average molecular weight is 369 g/mol. The summed E-state index contributed by atoms with van der Waals surface area (Å²) >= 11 is 0. The van der Waals surface area contributed by atoms with Crippen molar-refractivity contribution in [2.24, 2.45) is 0 Å². The molecule has 5 rings (SSSR count). The maximum Gasteiger partial charge on any atom is 0.265 e. The van der Waals surface area contributed by atoms with Crippen LogP contribution in [0.2, 0.25) is 0 Å². The molecule has 2 aromatic carbocycles. The van der Waals surface area contributed by atoms with Gasteiger partial charge in [0.15, 0.2) is 11.3 Å². The Kier molecular flexibility index (Phi) is 3.90. The Labute approximate surface area is 161 Å². The topological polar surface area (TPSA) is 65.6 Å². The third kappa shape index (κ3) is 2.49. The summed E-state index contributed by atoms with van der Waals surface area (Å²) in [5.41, 5.74) is 4.24. The molecule has 0 radical (unpaired) electrons. The fraction of sp³-hybridized carbons (Fsp3) is 0.182. The molecule has 0 aliphatic carbocycles. The summed E-state index contributed by atoms with van der Waals surface area (Å²) in [7, 11) is 0. The minimum atomic E-state index is -0.0669. The van der Waals surface area contributed by atoms with E-state index < -0.39 is 0 Å². The van der Waals surface area contributed by atoms with Crippen LogP contribution in [0.25, 0.3) is 38.9 Å². The van der Waals surface area contributed by atoms with E-state index in [2.05, 4.69) is 11.9 Å². The standard InChI is InChI=1S/C22H19N5O/c1-2-3-13-26-14-23-20-18(22(26)28)19-21(27(20)15-9-5-4-6-10-15)25-17-12-8-7-11-16(17)24-19/h4-12,14H,2-3,13H2,1H3. The number of aryl methyl sites for hydroxylation is 1. The number of hydrogen-bond acceptors (Lipinski definition) is 4. The van der Waals surface area contributed by atoms with Crippen molar-refractivity contribution in [3.8, 4) is 5.69 Å². The lowest BCUT2D eigenvalue weighted by molar-refractivity contribution is 0.608. The predicted molar refractivity (Wildman–Crippen MR) is 111 cm³/mol. The van der Waals surface area contributed by atoms with Gasteiger partial charge < -0.3 is 0 Å². The first kappa shape index (κ1) is 16.6. The molecule has 5 aromatic rings. The lowest BCUT2D eigenvalue weighted by Crippen LogP contribution is -2.20. The van der Waals surface area contributed by atoms with Crippen molar-refractivity contribution in [3.05, 3.63) is 71.3 Å². The summed E-state index contributed by atoms with van der Waals surface area (Å²) in [5.74, 6) is 0. The predicted octanol–water partition coefficient (Wildman–Crippen LogP) is 4.08. The normalized spacial score (nSPS) is 11.6. The summed E-state index contributed by atoms with van der Waals surface area (Å²) in [6.07, 6.45) is 3.58. The van der Waals surface area contributed by atoms with Gasteiger partial charge >= 0.3 is 0 Å². The lowest BCUT2D eigenvalue weighted by Gasteiger charge is -2.07. The zero-order chi connectivity index (χ0) is 19.1. The Hall–Kier alpha value is -3.54. The molecule has 6 heteroatoms. The van der Waals surface area contributed by atoms with Crippen LogP contribution >= 0.6 is 0 Å². The fourth-order valence-corrected chi connectivity index (χ4v) is 3.58. The monoisotopic (exact) mass is 369 g/mol. The van der Waals surface area contributed by atoms with Gasteiger partial charge in [-0.1, -0.05) is 43.7 Å². The van der Waals surface area contributed by atoms with Gasteiger partial charge in [0.1, 0.15) is 10.9 Å². The van der Waals surface area contributed by atoms with Gasteiger partial charge in [-0.2, -0.15) is 0 Å². The van der Waals surface area contributed by atoms with Gasteiger partial charge in [-0.05, 0) is 30.7 Å². The van der Waals surface area contributed by atoms with Crippen molar-refractivity contribution >= 4 is 33.2 Å². The van der Waals surface area contributed by atoms with E-state index in [0.29, 0.717) is 28.7 Å². The molecule has 0 atom stereocenters. The maximum atomic E-state index is 13.3. The number of rotatable bonds is 4. The smallest absolute Gasteiger partial charge is 0.265 e. The van der Waals surface area contributed by atoms with E-state index in [1.54, 1.807) is 10.9 Å². The molecule has 3 aromatic heterocycles. The first-order chi connectivity index (χ1) is 13.8. The van der Waals surface area contributed by atoms with Crippen molar-refractivity contribution in [1.29, 1.82) is 0 Å². The van der Waals surface area contributed by atoms with Crippen molar-refractivity contribution < 1.29 is 0 Å². The second-order valence-corrected chi connectivity index (χ2v) is 6.85. The van der Waals surface area contributed by atoms with Crippen LogP contribution < -0.4 is 5.56 Å². The Morgan fingerprint density at radius 1 is 0.893 bits per heavy atom.